The van der Waals surface area contributed by atoms with E-state index in [2.05, 4.69) is 31.3 Å². The number of nitriles is 1. The Morgan fingerprint density at radius 1 is 1.24 bits per heavy atom. The molecule has 2 aromatic heterocycles. The third-order valence-corrected chi connectivity index (χ3v) is 6.10. The number of amides is 1. The zero-order chi connectivity index (χ0) is 26.5. The summed E-state index contributed by atoms with van der Waals surface area (Å²) in [5.41, 5.74) is 2.50. The van der Waals surface area contributed by atoms with E-state index in [1.807, 2.05) is 35.0 Å². The number of carbonyl (C=O) groups is 1. The minimum atomic E-state index is -1.45. The summed E-state index contributed by atoms with van der Waals surface area (Å²) in [6, 6.07) is 14.6. The van der Waals surface area contributed by atoms with Gasteiger partial charge in [-0.05, 0) is 42.5 Å². The molecule has 38 heavy (non-hydrogen) atoms. The van der Waals surface area contributed by atoms with Crippen molar-refractivity contribution in [1.82, 2.24) is 29.4 Å². The lowest BCUT2D eigenvalue weighted by atomic mass is 10.0. The van der Waals surface area contributed by atoms with Gasteiger partial charge in [0.2, 0.25) is 11.9 Å². The number of aliphatic hydroxyl groups is 1. The molecule has 2 aromatic carbocycles. The summed E-state index contributed by atoms with van der Waals surface area (Å²) in [6.45, 7) is -0.570. The van der Waals surface area contributed by atoms with Crippen LogP contribution in [0.1, 0.15) is 12.0 Å². The monoisotopic (exact) mass is 514 g/mol. The summed E-state index contributed by atoms with van der Waals surface area (Å²) in [4.78, 5) is 29.8. The highest BCUT2D eigenvalue weighted by atomic mass is 19.1. The normalized spacial score (nSPS) is 17.0. The first-order valence-corrected chi connectivity index (χ1v) is 11.8. The Hall–Kier alpha value is -4.89. The van der Waals surface area contributed by atoms with Crippen LogP contribution in [0.25, 0.3) is 17.1 Å². The van der Waals surface area contributed by atoms with Crippen molar-refractivity contribution in [3.05, 3.63) is 73.1 Å². The second kappa shape index (κ2) is 11.0. The first-order valence-electron chi connectivity index (χ1n) is 11.8. The Balaban J connectivity index is 1.28. The van der Waals surface area contributed by atoms with Gasteiger partial charge in [-0.25, -0.2) is 19.3 Å². The van der Waals surface area contributed by atoms with E-state index < -0.39 is 24.8 Å². The van der Waals surface area contributed by atoms with Gasteiger partial charge in [-0.1, -0.05) is 0 Å². The highest BCUT2D eigenvalue weighted by Gasteiger charge is 2.33. The van der Waals surface area contributed by atoms with Crippen molar-refractivity contribution in [3.63, 3.8) is 0 Å². The summed E-state index contributed by atoms with van der Waals surface area (Å²) < 4.78 is 22.4. The Bertz CT molecular complexity index is 1460. The van der Waals surface area contributed by atoms with E-state index in [1.165, 1.54) is 11.2 Å². The number of hydrogen-bond acceptors (Lipinski definition) is 9. The van der Waals surface area contributed by atoms with Crippen LogP contribution in [0.5, 0.6) is 5.75 Å². The van der Waals surface area contributed by atoms with E-state index in [-0.39, 0.29) is 30.8 Å². The van der Waals surface area contributed by atoms with Gasteiger partial charge in [-0.3, -0.25) is 4.79 Å². The van der Waals surface area contributed by atoms with Gasteiger partial charge >= 0.3 is 0 Å². The average molecular weight is 515 g/mol. The molecule has 12 heteroatoms. The zero-order valence-corrected chi connectivity index (χ0v) is 20.1. The van der Waals surface area contributed by atoms with Crippen molar-refractivity contribution < 1.29 is 19.0 Å². The second-order valence-electron chi connectivity index (χ2n) is 8.56. The third kappa shape index (κ3) is 5.42. The van der Waals surface area contributed by atoms with Crippen LogP contribution in [-0.2, 0) is 4.79 Å². The fraction of sp³-hybridized carbons (Fsp3) is 0.231. The Morgan fingerprint density at radius 2 is 2.08 bits per heavy atom. The predicted octanol–water partition coefficient (Wildman–Crippen LogP) is 2.65. The van der Waals surface area contributed by atoms with Gasteiger partial charge in [-0.2, -0.15) is 10.2 Å². The Labute approximate surface area is 217 Å². The second-order valence-corrected chi connectivity index (χ2v) is 8.56. The van der Waals surface area contributed by atoms with Crippen molar-refractivity contribution in [3.8, 4) is 28.9 Å². The number of anilines is 2. The van der Waals surface area contributed by atoms with Gasteiger partial charge < -0.3 is 24.6 Å². The number of aromatic nitrogens is 5. The number of carbonyl (C=O) groups excluding carboxylic acids is 1. The number of ether oxygens (including phenoxy) is 1. The van der Waals surface area contributed by atoms with Crippen LogP contribution in [-0.4, -0.2) is 72.4 Å². The predicted molar refractivity (Wildman–Crippen MR) is 134 cm³/mol. The molecule has 192 valence electrons. The van der Waals surface area contributed by atoms with Crippen LogP contribution >= 0.6 is 0 Å². The minimum absolute atomic E-state index is 0.170. The van der Waals surface area contributed by atoms with E-state index in [4.69, 9.17) is 9.84 Å². The number of alkyl halides is 1. The molecule has 2 N–H and O–H groups in total. The van der Waals surface area contributed by atoms with Gasteiger partial charge in [0, 0.05) is 42.3 Å². The highest BCUT2D eigenvalue weighted by Crippen LogP contribution is 2.28. The number of nitrogens with zero attached hydrogens (tertiary/aromatic N) is 7. The Kier molecular flexibility index (Phi) is 7.19. The number of hydrogen-bond donors (Lipinski definition) is 2. The minimum Gasteiger partial charge on any atom is -0.486 e. The summed E-state index contributed by atoms with van der Waals surface area (Å²) in [5.74, 6) is 0.385. The Morgan fingerprint density at radius 3 is 2.79 bits per heavy atom. The lowest BCUT2D eigenvalue weighted by Gasteiger charge is -2.34. The lowest BCUT2D eigenvalue weighted by molar-refractivity contribution is -0.138. The molecule has 0 spiro atoms. The molecule has 0 radical (unpaired) electrons. The number of nitrogens with one attached hydrogen (secondary N) is 1. The molecule has 5 rings (SSSR count). The highest BCUT2D eigenvalue weighted by molar-refractivity contribution is 5.77. The summed E-state index contributed by atoms with van der Waals surface area (Å²) in [7, 11) is 0. The summed E-state index contributed by atoms with van der Waals surface area (Å²) >= 11 is 0. The first-order chi connectivity index (χ1) is 18.5. The first kappa shape index (κ1) is 24.8. The maximum atomic E-state index is 14.7. The molecule has 1 aliphatic heterocycles. The number of halogens is 1. The smallest absolute Gasteiger partial charge is 0.248 e. The van der Waals surface area contributed by atoms with Crippen molar-refractivity contribution in [2.75, 3.05) is 25.0 Å². The van der Waals surface area contributed by atoms with Crippen LogP contribution in [0.2, 0.25) is 0 Å². The van der Waals surface area contributed by atoms with Gasteiger partial charge in [0.15, 0.2) is 12.0 Å². The molecular weight excluding hydrogens is 491 g/mol. The molecule has 2 unspecified atom stereocenters. The number of imidazole rings is 1. The molecule has 0 bridgehead atoms. The maximum absolute atomic E-state index is 14.7. The van der Waals surface area contributed by atoms with Crippen molar-refractivity contribution in [1.29, 1.82) is 5.26 Å². The molecule has 1 amide bonds. The molecule has 0 saturated carbocycles. The van der Waals surface area contributed by atoms with Gasteiger partial charge in [0.05, 0.1) is 18.4 Å². The molecule has 1 fully saturated rings. The molecule has 3 heterocycles. The van der Waals surface area contributed by atoms with E-state index in [1.54, 1.807) is 30.7 Å². The average Bonchev–Trinajstić information content (AvgIpc) is 3.49. The van der Waals surface area contributed by atoms with Crippen LogP contribution in [0.15, 0.2) is 67.5 Å². The topological polar surface area (TPSA) is 142 Å². The standard InChI is InChI=1S/C26H23FN8O3/c27-21-13-34(24(37)14-36)9-7-23(21)38-22-6-1-17(11-18(22)12-28)25-30-15-31-26(33-25)32-19-2-4-20(5-3-19)35-10-8-29-16-35/h1-6,8,10-11,15-16,21,23,36H,7,9,13-14H2,(H,30,31,32,33). The van der Waals surface area contributed by atoms with Gasteiger partial charge in [0.25, 0.3) is 0 Å². The number of piperidine rings is 1. The van der Waals surface area contributed by atoms with E-state index in [0.717, 1.165) is 11.4 Å². The SMILES string of the molecule is N#Cc1cc(-c2ncnc(Nc3ccc(-n4ccnc4)cc3)n2)ccc1OC1CCN(C(=O)CO)CC1F. The van der Waals surface area contributed by atoms with Gasteiger partial charge in [0.1, 0.15) is 30.9 Å². The number of likely N-dealkylation sites (tertiary alicyclic amines) is 1. The zero-order valence-electron chi connectivity index (χ0n) is 20.1. The largest absolute Gasteiger partial charge is 0.486 e. The lowest BCUT2D eigenvalue weighted by Crippen LogP contribution is -2.50. The maximum Gasteiger partial charge on any atom is 0.248 e. The molecule has 1 saturated heterocycles. The van der Waals surface area contributed by atoms with E-state index in [0.29, 0.717) is 17.3 Å². The van der Waals surface area contributed by atoms with Crippen LogP contribution in [0, 0.1) is 11.3 Å². The van der Waals surface area contributed by atoms with Crippen LogP contribution in [0.3, 0.4) is 0 Å². The molecule has 11 nitrogen and oxygen atoms in total. The van der Waals surface area contributed by atoms with Crippen molar-refractivity contribution >= 4 is 17.5 Å². The molecular formula is C26H23FN8O3. The quantitative estimate of drug-likeness (QED) is 0.381. The number of benzene rings is 2. The number of rotatable bonds is 7. The van der Waals surface area contributed by atoms with Crippen LogP contribution in [0.4, 0.5) is 16.0 Å². The molecule has 4 aromatic rings. The third-order valence-electron chi connectivity index (χ3n) is 6.10. The molecule has 0 aliphatic carbocycles. The summed E-state index contributed by atoms with van der Waals surface area (Å²) in [6.07, 6.45) is 4.62. The molecule has 1 aliphatic rings. The summed E-state index contributed by atoms with van der Waals surface area (Å²) in [5, 5.41) is 21.8. The fourth-order valence-electron chi connectivity index (χ4n) is 4.12. The van der Waals surface area contributed by atoms with Crippen molar-refractivity contribution in [2.45, 2.75) is 18.7 Å². The molecule has 2 atom stereocenters. The van der Waals surface area contributed by atoms with E-state index in [9.17, 15) is 14.4 Å². The fourth-order valence-corrected chi connectivity index (χ4v) is 4.12. The van der Waals surface area contributed by atoms with Crippen LogP contribution < -0.4 is 10.1 Å². The number of aliphatic hydroxyl groups excluding tert-OH is 1. The van der Waals surface area contributed by atoms with E-state index >= 15 is 0 Å². The van der Waals surface area contributed by atoms with Gasteiger partial charge in [-0.15, -0.1) is 0 Å². The van der Waals surface area contributed by atoms with Crippen molar-refractivity contribution in [2.24, 2.45) is 0 Å².